The first-order chi connectivity index (χ1) is 7.96. The number of fused-ring (bicyclic) bond motifs is 5. The SMILES string of the molecule is FC1(F)C(F)(F)C2(F)C3CCC(C3)C2(F)C1(F)F. The van der Waals surface area contributed by atoms with Crippen LogP contribution < -0.4 is 0 Å². The van der Waals surface area contributed by atoms with Gasteiger partial charge in [-0.25, -0.2) is 8.78 Å². The molecular formula is C10H8F8. The summed E-state index contributed by atoms with van der Waals surface area (Å²) >= 11 is 0. The van der Waals surface area contributed by atoms with Gasteiger partial charge in [-0.1, -0.05) is 0 Å². The molecule has 0 aliphatic heterocycles. The highest BCUT2D eigenvalue weighted by atomic mass is 19.4. The van der Waals surface area contributed by atoms with Gasteiger partial charge < -0.3 is 0 Å². The van der Waals surface area contributed by atoms with E-state index in [0.29, 0.717) is 0 Å². The van der Waals surface area contributed by atoms with E-state index in [1.165, 1.54) is 0 Å². The third kappa shape index (κ3) is 0.752. The zero-order valence-corrected chi connectivity index (χ0v) is 8.80. The second-order valence-corrected chi connectivity index (χ2v) is 5.35. The third-order valence-electron chi connectivity index (χ3n) is 4.79. The van der Waals surface area contributed by atoms with Crippen LogP contribution >= 0.6 is 0 Å². The summed E-state index contributed by atoms with van der Waals surface area (Å²) < 4.78 is 108. The first-order valence-electron chi connectivity index (χ1n) is 5.47. The molecule has 0 amide bonds. The van der Waals surface area contributed by atoms with Gasteiger partial charge in [0.05, 0.1) is 0 Å². The molecular weight excluding hydrogens is 272 g/mol. The van der Waals surface area contributed by atoms with Gasteiger partial charge in [0, 0.05) is 11.8 Å². The standard InChI is InChI=1S/C10H8F8/c11-6-4-1-2-5(3-4)7(6,12)9(15,16)10(17,18)8(6,13)14/h4-5H,1-3H2. The van der Waals surface area contributed by atoms with E-state index in [2.05, 4.69) is 0 Å². The Morgan fingerprint density at radius 1 is 0.556 bits per heavy atom. The molecule has 0 aromatic rings. The van der Waals surface area contributed by atoms with Crippen molar-refractivity contribution in [3.63, 3.8) is 0 Å². The molecule has 0 saturated heterocycles. The monoisotopic (exact) mass is 280 g/mol. The van der Waals surface area contributed by atoms with Crippen LogP contribution in [0.2, 0.25) is 0 Å². The molecule has 3 aliphatic rings. The molecule has 0 aromatic carbocycles. The van der Waals surface area contributed by atoms with Crippen molar-refractivity contribution in [3.8, 4) is 0 Å². The number of rotatable bonds is 0. The van der Waals surface area contributed by atoms with E-state index in [4.69, 9.17) is 0 Å². The van der Waals surface area contributed by atoms with Crippen molar-refractivity contribution in [1.29, 1.82) is 0 Å². The van der Waals surface area contributed by atoms with Crippen molar-refractivity contribution in [2.75, 3.05) is 0 Å². The van der Waals surface area contributed by atoms with E-state index in [-0.39, 0.29) is 12.8 Å². The minimum atomic E-state index is -6.01. The van der Waals surface area contributed by atoms with Gasteiger partial charge >= 0.3 is 17.8 Å². The fraction of sp³-hybridized carbons (Fsp3) is 1.00. The van der Waals surface area contributed by atoms with Gasteiger partial charge in [-0.15, -0.1) is 0 Å². The van der Waals surface area contributed by atoms with Crippen molar-refractivity contribution in [2.45, 2.75) is 48.4 Å². The topological polar surface area (TPSA) is 0 Å². The number of alkyl halides is 8. The first-order valence-corrected chi connectivity index (χ1v) is 5.47. The minimum Gasteiger partial charge on any atom is -0.233 e. The number of halogens is 8. The Kier molecular flexibility index (Phi) is 1.84. The van der Waals surface area contributed by atoms with Crippen LogP contribution in [0.25, 0.3) is 0 Å². The van der Waals surface area contributed by atoms with Crippen LogP contribution in [-0.4, -0.2) is 29.1 Å². The molecule has 8 heteroatoms. The number of hydrogen-bond acceptors (Lipinski definition) is 0. The number of hydrogen-bond donors (Lipinski definition) is 0. The molecule has 4 unspecified atom stereocenters. The fourth-order valence-electron chi connectivity index (χ4n) is 3.92. The highest BCUT2D eigenvalue weighted by Gasteiger charge is 3.03. The molecule has 0 N–H and O–H groups in total. The average molecular weight is 280 g/mol. The molecule has 3 saturated carbocycles. The average Bonchev–Trinajstić information content (AvgIpc) is 2.82. The van der Waals surface area contributed by atoms with E-state index < -0.39 is 47.4 Å². The Hall–Kier alpha value is -0.560. The molecule has 3 fully saturated rings. The lowest BCUT2D eigenvalue weighted by Gasteiger charge is -2.39. The van der Waals surface area contributed by atoms with Gasteiger partial charge in [-0.3, -0.25) is 0 Å². The summed E-state index contributed by atoms with van der Waals surface area (Å²) in [6.07, 6.45) is -1.07. The maximum atomic E-state index is 14.3. The second kappa shape index (κ2) is 2.65. The van der Waals surface area contributed by atoms with Crippen LogP contribution in [0.5, 0.6) is 0 Å². The Labute approximate surface area is 96.3 Å². The van der Waals surface area contributed by atoms with Gasteiger partial charge in [0.2, 0.25) is 11.3 Å². The summed E-state index contributed by atoms with van der Waals surface area (Å²) in [6.45, 7) is 0. The Morgan fingerprint density at radius 3 is 1.22 bits per heavy atom. The summed E-state index contributed by atoms with van der Waals surface area (Å²) in [5.41, 5.74) is -8.95. The van der Waals surface area contributed by atoms with Crippen molar-refractivity contribution in [3.05, 3.63) is 0 Å². The maximum Gasteiger partial charge on any atom is 0.378 e. The quantitative estimate of drug-likeness (QED) is 0.593. The Bertz CT molecular complexity index is 382. The van der Waals surface area contributed by atoms with Crippen molar-refractivity contribution in [1.82, 2.24) is 0 Å². The molecule has 2 bridgehead atoms. The van der Waals surface area contributed by atoms with E-state index in [0.717, 1.165) is 0 Å². The van der Waals surface area contributed by atoms with Crippen LogP contribution in [0, 0.1) is 11.8 Å². The Morgan fingerprint density at radius 2 is 0.889 bits per heavy atom. The summed E-state index contributed by atoms with van der Waals surface area (Å²) in [5.74, 6) is -21.0. The zero-order valence-electron chi connectivity index (χ0n) is 8.80. The predicted molar refractivity (Wildman–Crippen MR) is 43.4 cm³/mol. The van der Waals surface area contributed by atoms with E-state index in [1.54, 1.807) is 0 Å². The second-order valence-electron chi connectivity index (χ2n) is 5.35. The summed E-state index contributed by atoms with van der Waals surface area (Å²) in [7, 11) is 0. The van der Waals surface area contributed by atoms with Gasteiger partial charge in [0.1, 0.15) is 0 Å². The predicted octanol–water partition coefficient (Wildman–Crippen LogP) is 3.75. The largest absolute Gasteiger partial charge is 0.378 e. The van der Waals surface area contributed by atoms with Crippen molar-refractivity contribution >= 4 is 0 Å². The lowest BCUT2D eigenvalue weighted by atomic mass is 9.74. The molecule has 0 aromatic heterocycles. The Balaban J connectivity index is 2.31. The molecule has 3 rings (SSSR count). The molecule has 0 radical (unpaired) electrons. The van der Waals surface area contributed by atoms with Crippen molar-refractivity contribution in [2.24, 2.45) is 11.8 Å². The van der Waals surface area contributed by atoms with E-state index >= 15 is 0 Å². The van der Waals surface area contributed by atoms with Gasteiger partial charge in [0.25, 0.3) is 0 Å². The fourth-order valence-corrected chi connectivity index (χ4v) is 3.92. The summed E-state index contributed by atoms with van der Waals surface area (Å²) in [6, 6.07) is 0. The van der Waals surface area contributed by atoms with Crippen LogP contribution in [0.4, 0.5) is 35.1 Å². The van der Waals surface area contributed by atoms with Gasteiger partial charge in [-0.2, -0.15) is 26.3 Å². The lowest BCUT2D eigenvalue weighted by Crippen LogP contribution is -2.60. The normalized spacial score (nSPS) is 54.7. The van der Waals surface area contributed by atoms with Crippen LogP contribution in [0.1, 0.15) is 19.3 Å². The third-order valence-corrected chi connectivity index (χ3v) is 4.79. The smallest absolute Gasteiger partial charge is 0.233 e. The van der Waals surface area contributed by atoms with E-state index in [1.807, 2.05) is 0 Å². The first kappa shape index (κ1) is 12.5. The van der Waals surface area contributed by atoms with E-state index in [9.17, 15) is 35.1 Å². The summed E-state index contributed by atoms with van der Waals surface area (Å²) in [4.78, 5) is 0. The molecule has 0 heterocycles. The maximum absolute atomic E-state index is 14.3. The molecule has 4 atom stereocenters. The molecule has 0 nitrogen and oxygen atoms in total. The van der Waals surface area contributed by atoms with Gasteiger partial charge in [0.15, 0.2) is 0 Å². The van der Waals surface area contributed by atoms with Gasteiger partial charge in [-0.05, 0) is 19.3 Å². The lowest BCUT2D eigenvalue weighted by molar-refractivity contribution is -0.297. The van der Waals surface area contributed by atoms with Crippen LogP contribution in [0.15, 0.2) is 0 Å². The molecule has 104 valence electrons. The van der Waals surface area contributed by atoms with Crippen LogP contribution in [0.3, 0.4) is 0 Å². The highest BCUT2D eigenvalue weighted by Crippen LogP contribution is 2.79. The zero-order chi connectivity index (χ0) is 13.8. The summed E-state index contributed by atoms with van der Waals surface area (Å²) in [5, 5.41) is 0. The van der Waals surface area contributed by atoms with Crippen LogP contribution in [-0.2, 0) is 0 Å². The van der Waals surface area contributed by atoms with Crippen molar-refractivity contribution < 1.29 is 35.1 Å². The molecule has 18 heavy (non-hydrogen) atoms. The molecule has 0 spiro atoms. The minimum absolute atomic E-state index is 0.269. The molecule has 3 aliphatic carbocycles. The highest BCUT2D eigenvalue weighted by molar-refractivity contribution is 5.37.